The molecule has 4 aliphatic rings. The third-order valence-corrected chi connectivity index (χ3v) is 6.22. The van der Waals surface area contributed by atoms with Crippen LogP contribution in [0.15, 0.2) is 18.2 Å². The first kappa shape index (κ1) is 15.3. The van der Waals surface area contributed by atoms with Gasteiger partial charge in [-0.3, -0.25) is 4.90 Å². The molecule has 1 aromatic rings. The van der Waals surface area contributed by atoms with Crippen molar-refractivity contribution in [3.63, 3.8) is 0 Å². The minimum absolute atomic E-state index is 0.0665. The molecule has 3 nitrogen and oxygen atoms in total. The summed E-state index contributed by atoms with van der Waals surface area (Å²) in [6.45, 7) is 0. The number of amides is 2. The largest absolute Gasteiger partial charge is 0.332 e. The van der Waals surface area contributed by atoms with Gasteiger partial charge in [-0.1, -0.05) is 11.6 Å². The molecule has 0 radical (unpaired) electrons. The van der Waals surface area contributed by atoms with Crippen molar-refractivity contribution in [2.45, 2.75) is 44.1 Å². The van der Waals surface area contributed by atoms with Crippen LogP contribution in [0.5, 0.6) is 0 Å². The second-order valence-electron chi connectivity index (χ2n) is 7.78. The predicted octanol–water partition coefficient (Wildman–Crippen LogP) is 4.59. The molecule has 0 atom stereocenters. The van der Waals surface area contributed by atoms with E-state index in [0.29, 0.717) is 5.02 Å². The molecule has 1 aromatic carbocycles. The van der Waals surface area contributed by atoms with Crippen molar-refractivity contribution >= 4 is 23.3 Å². The fraction of sp³-hybridized carbons (Fsp3) is 0.611. The predicted molar refractivity (Wildman–Crippen MR) is 89.2 cm³/mol. The Morgan fingerprint density at radius 1 is 1.22 bits per heavy atom. The lowest BCUT2D eigenvalue weighted by atomic mass is 9.53. The number of hydrogen-bond donors (Lipinski definition) is 1. The highest BCUT2D eigenvalue weighted by Gasteiger charge is 2.51. The molecule has 4 saturated carbocycles. The Hall–Kier alpha value is -1.29. The highest BCUT2D eigenvalue weighted by Crippen LogP contribution is 2.55. The molecule has 4 aliphatic carbocycles. The van der Waals surface area contributed by atoms with E-state index in [0.717, 1.165) is 37.0 Å². The second-order valence-corrected chi connectivity index (χ2v) is 8.22. The van der Waals surface area contributed by atoms with Crippen LogP contribution in [0.4, 0.5) is 14.9 Å². The number of rotatable bonds is 2. The van der Waals surface area contributed by atoms with E-state index in [1.807, 2.05) is 0 Å². The van der Waals surface area contributed by atoms with E-state index in [2.05, 4.69) is 5.32 Å². The van der Waals surface area contributed by atoms with E-state index in [9.17, 15) is 9.18 Å². The highest BCUT2D eigenvalue weighted by molar-refractivity contribution is 6.30. The van der Waals surface area contributed by atoms with Gasteiger partial charge < -0.3 is 5.32 Å². The first-order chi connectivity index (χ1) is 10.9. The molecule has 0 aliphatic heterocycles. The molecule has 5 heteroatoms. The van der Waals surface area contributed by atoms with Crippen LogP contribution in [0.2, 0.25) is 5.02 Å². The Kier molecular flexibility index (Phi) is 3.56. The Labute approximate surface area is 141 Å². The molecular formula is C18H22ClFN2O. The molecule has 4 bridgehead atoms. The zero-order chi connectivity index (χ0) is 16.2. The number of hydrogen-bond acceptors (Lipinski definition) is 1. The van der Waals surface area contributed by atoms with Gasteiger partial charge in [0.05, 0.1) is 5.69 Å². The van der Waals surface area contributed by atoms with E-state index in [-0.39, 0.29) is 17.3 Å². The van der Waals surface area contributed by atoms with Crippen LogP contribution in [-0.2, 0) is 0 Å². The smallest absolute Gasteiger partial charge is 0.322 e. The Balaban J connectivity index is 1.51. The van der Waals surface area contributed by atoms with Gasteiger partial charge in [0.2, 0.25) is 0 Å². The van der Waals surface area contributed by atoms with E-state index >= 15 is 0 Å². The Morgan fingerprint density at radius 3 is 2.30 bits per heavy atom. The lowest BCUT2D eigenvalue weighted by Crippen LogP contribution is -2.61. The third kappa shape index (κ3) is 2.71. The summed E-state index contributed by atoms with van der Waals surface area (Å²) in [5, 5.41) is 3.59. The molecule has 5 rings (SSSR count). The standard InChI is InChI=1S/C18H22ClFN2O/c1-22(16-3-2-14(19)7-15(16)20)17(23)21-18-8-11-4-12(9-18)6-13(5-11)10-18/h2-3,7,11-13H,4-6,8-10H2,1H3,(H,21,23). The molecule has 0 saturated heterocycles. The number of carbonyl (C=O) groups excluding carboxylic acids is 1. The van der Waals surface area contributed by atoms with Crippen molar-refractivity contribution in [1.29, 1.82) is 0 Å². The number of benzene rings is 1. The molecule has 2 amide bonds. The zero-order valence-electron chi connectivity index (χ0n) is 13.3. The van der Waals surface area contributed by atoms with Gasteiger partial charge in [0.15, 0.2) is 0 Å². The minimum atomic E-state index is -0.472. The zero-order valence-corrected chi connectivity index (χ0v) is 14.1. The quantitative estimate of drug-likeness (QED) is 0.841. The number of nitrogens with one attached hydrogen (secondary N) is 1. The lowest BCUT2D eigenvalue weighted by Gasteiger charge is -2.57. The Bertz CT molecular complexity index is 613. The summed E-state index contributed by atoms with van der Waals surface area (Å²) in [5.41, 5.74) is 0.194. The van der Waals surface area contributed by atoms with E-state index in [1.54, 1.807) is 19.2 Å². The summed E-state index contributed by atoms with van der Waals surface area (Å²) < 4.78 is 14.1. The summed E-state index contributed by atoms with van der Waals surface area (Å²) in [7, 11) is 1.61. The van der Waals surface area contributed by atoms with Gasteiger partial charge >= 0.3 is 6.03 Å². The maximum Gasteiger partial charge on any atom is 0.322 e. The summed E-state index contributed by atoms with van der Waals surface area (Å²) in [6.07, 6.45) is 7.25. The van der Waals surface area contributed by atoms with E-state index in [4.69, 9.17) is 11.6 Å². The fourth-order valence-corrected chi connectivity index (χ4v) is 5.60. The number of carbonyl (C=O) groups is 1. The molecule has 4 fully saturated rings. The van der Waals surface area contributed by atoms with Crippen molar-refractivity contribution in [3.8, 4) is 0 Å². The van der Waals surface area contributed by atoms with Crippen molar-refractivity contribution in [2.24, 2.45) is 17.8 Å². The van der Waals surface area contributed by atoms with Gasteiger partial charge in [0.25, 0.3) is 0 Å². The first-order valence-electron chi connectivity index (χ1n) is 8.45. The minimum Gasteiger partial charge on any atom is -0.332 e. The van der Waals surface area contributed by atoms with Crippen molar-refractivity contribution in [2.75, 3.05) is 11.9 Å². The van der Waals surface area contributed by atoms with Crippen LogP contribution in [0, 0.1) is 23.6 Å². The van der Waals surface area contributed by atoms with Gasteiger partial charge in [-0.15, -0.1) is 0 Å². The monoisotopic (exact) mass is 336 g/mol. The van der Waals surface area contributed by atoms with Gasteiger partial charge in [0, 0.05) is 17.6 Å². The second kappa shape index (κ2) is 5.37. The van der Waals surface area contributed by atoms with Gasteiger partial charge in [-0.05, 0) is 74.5 Å². The normalized spacial score (nSPS) is 34.5. The van der Waals surface area contributed by atoms with Gasteiger partial charge in [0.1, 0.15) is 5.82 Å². The van der Waals surface area contributed by atoms with Crippen LogP contribution in [0.1, 0.15) is 38.5 Å². The molecule has 0 aromatic heterocycles. The van der Waals surface area contributed by atoms with E-state index in [1.165, 1.54) is 30.2 Å². The van der Waals surface area contributed by atoms with E-state index < -0.39 is 5.82 Å². The molecule has 1 N–H and O–H groups in total. The van der Waals surface area contributed by atoms with Crippen LogP contribution in [-0.4, -0.2) is 18.6 Å². The van der Waals surface area contributed by atoms with Crippen molar-refractivity contribution < 1.29 is 9.18 Å². The van der Waals surface area contributed by atoms with Gasteiger partial charge in [-0.25, -0.2) is 9.18 Å². The molecule has 0 unspecified atom stereocenters. The first-order valence-corrected chi connectivity index (χ1v) is 8.83. The van der Waals surface area contributed by atoms with Crippen molar-refractivity contribution in [3.05, 3.63) is 29.0 Å². The van der Waals surface area contributed by atoms with Crippen LogP contribution < -0.4 is 10.2 Å². The SMILES string of the molecule is CN(C(=O)NC12CC3CC(CC(C3)C1)C2)c1ccc(Cl)cc1F. The maximum absolute atomic E-state index is 14.1. The average Bonchev–Trinajstić information content (AvgIpc) is 2.44. The molecule has 124 valence electrons. The summed E-state index contributed by atoms with van der Waals surface area (Å²) in [6, 6.07) is 4.18. The molecule has 23 heavy (non-hydrogen) atoms. The Morgan fingerprint density at radius 2 is 1.78 bits per heavy atom. The molecule has 0 spiro atoms. The number of halogens is 2. The summed E-state index contributed by atoms with van der Waals surface area (Å²) in [4.78, 5) is 14.0. The maximum atomic E-state index is 14.1. The van der Waals surface area contributed by atoms with Gasteiger partial charge in [-0.2, -0.15) is 0 Å². The van der Waals surface area contributed by atoms with Crippen LogP contribution in [0.25, 0.3) is 0 Å². The molecular weight excluding hydrogens is 315 g/mol. The highest BCUT2D eigenvalue weighted by atomic mass is 35.5. The number of nitrogens with zero attached hydrogens (tertiary/aromatic N) is 1. The van der Waals surface area contributed by atoms with Crippen LogP contribution in [0.3, 0.4) is 0 Å². The number of anilines is 1. The number of urea groups is 1. The van der Waals surface area contributed by atoms with Crippen LogP contribution >= 0.6 is 11.6 Å². The van der Waals surface area contributed by atoms with Crippen molar-refractivity contribution in [1.82, 2.24) is 5.32 Å². The fourth-order valence-electron chi connectivity index (χ4n) is 5.44. The molecule has 0 heterocycles. The third-order valence-electron chi connectivity index (χ3n) is 5.99. The average molecular weight is 337 g/mol. The lowest BCUT2D eigenvalue weighted by molar-refractivity contribution is -0.0130. The summed E-state index contributed by atoms with van der Waals surface area (Å²) in [5.74, 6) is 1.82. The topological polar surface area (TPSA) is 32.3 Å². The summed E-state index contributed by atoms with van der Waals surface area (Å²) >= 11 is 5.79.